The van der Waals surface area contributed by atoms with Gasteiger partial charge in [-0.1, -0.05) is 37.3 Å². The van der Waals surface area contributed by atoms with E-state index in [1.807, 2.05) is 0 Å². The molecule has 2 aliphatic rings. The van der Waals surface area contributed by atoms with Gasteiger partial charge in [-0.2, -0.15) is 0 Å². The molecule has 1 aliphatic carbocycles. The van der Waals surface area contributed by atoms with E-state index in [0.717, 1.165) is 25.9 Å². The number of carbonyl (C=O) groups is 1. The van der Waals surface area contributed by atoms with Gasteiger partial charge in [-0.15, -0.1) is 0 Å². The third-order valence-corrected chi connectivity index (χ3v) is 6.11. The number of piperidine rings is 1. The minimum Gasteiger partial charge on any atom is -0.350 e. The first-order chi connectivity index (χ1) is 12.5. The summed E-state index contributed by atoms with van der Waals surface area (Å²) in [5.41, 5.74) is 0.0839. The standard InChI is InChI=1S/C19H26ClN3O3/c20-16-8-7-15(13-17(16)23(25)26)18(24)21-14-19(9-3-1-4-10-19)22-11-5-2-6-12-22/h7-8,13H,1-6,9-12,14H2,(H,21,24). The number of likely N-dealkylation sites (tertiary alicyclic amines) is 1. The molecule has 0 radical (unpaired) electrons. The van der Waals surface area contributed by atoms with E-state index in [0.29, 0.717) is 6.54 Å². The maximum Gasteiger partial charge on any atom is 0.288 e. The number of nitro groups is 1. The fourth-order valence-corrected chi connectivity index (χ4v) is 4.51. The number of nitrogens with one attached hydrogen (secondary N) is 1. The van der Waals surface area contributed by atoms with E-state index >= 15 is 0 Å². The van der Waals surface area contributed by atoms with Crippen LogP contribution in [-0.2, 0) is 0 Å². The highest BCUT2D eigenvalue weighted by molar-refractivity contribution is 6.32. The van der Waals surface area contributed by atoms with E-state index in [1.54, 1.807) is 6.07 Å². The Bertz CT molecular complexity index is 668. The predicted octanol–water partition coefficient (Wildman–Crippen LogP) is 4.17. The molecule has 0 aromatic heterocycles. The van der Waals surface area contributed by atoms with Gasteiger partial charge < -0.3 is 5.32 Å². The van der Waals surface area contributed by atoms with Crippen molar-refractivity contribution in [3.63, 3.8) is 0 Å². The van der Waals surface area contributed by atoms with Crippen molar-refractivity contribution >= 4 is 23.2 Å². The lowest BCUT2D eigenvalue weighted by Gasteiger charge is -2.48. The van der Waals surface area contributed by atoms with Crippen LogP contribution in [0.3, 0.4) is 0 Å². The summed E-state index contributed by atoms with van der Waals surface area (Å²) < 4.78 is 0. The van der Waals surface area contributed by atoms with Crippen LogP contribution in [0, 0.1) is 10.1 Å². The van der Waals surface area contributed by atoms with Crippen LogP contribution in [0.25, 0.3) is 0 Å². The smallest absolute Gasteiger partial charge is 0.288 e. The third kappa shape index (κ3) is 4.18. The van der Waals surface area contributed by atoms with Crippen LogP contribution < -0.4 is 5.32 Å². The topological polar surface area (TPSA) is 75.5 Å². The summed E-state index contributed by atoms with van der Waals surface area (Å²) >= 11 is 5.84. The summed E-state index contributed by atoms with van der Waals surface area (Å²) in [5, 5.41) is 14.1. The summed E-state index contributed by atoms with van der Waals surface area (Å²) in [6.07, 6.45) is 9.58. The molecule has 0 bridgehead atoms. The number of amides is 1. The average Bonchev–Trinajstić information content (AvgIpc) is 2.67. The summed E-state index contributed by atoms with van der Waals surface area (Å²) in [4.78, 5) is 25.7. The summed E-state index contributed by atoms with van der Waals surface area (Å²) in [6.45, 7) is 2.80. The molecule has 6 nitrogen and oxygen atoms in total. The number of benzene rings is 1. The Morgan fingerprint density at radius 1 is 1.15 bits per heavy atom. The van der Waals surface area contributed by atoms with Crippen molar-refractivity contribution in [3.8, 4) is 0 Å². The minimum atomic E-state index is -0.560. The average molecular weight is 380 g/mol. The Balaban J connectivity index is 1.71. The number of carbonyl (C=O) groups excluding carboxylic acids is 1. The third-order valence-electron chi connectivity index (χ3n) is 5.79. The van der Waals surface area contributed by atoms with Crippen molar-refractivity contribution < 1.29 is 9.72 Å². The van der Waals surface area contributed by atoms with Crippen molar-refractivity contribution in [2.24, 2.45) is 0 Å². The Morgan fingerprint density at radius 2 is 1.81 bits per heavy atom. The van der Waals surface area contributed by atoms with Gasteiger partial charge in [0.2, 0.25) is 0 Å². The van der Waals surface area contributed by atoms with Crippen molar-refractivity contribution in [3.05, 3.63) is 38.9 Å². The van der Waals surface area contributed by atoms with Crippen molar-refractivity contribution in [1.82, 2.24) is 10.2 Å². The van der Waals surface area contributed by atoms with Crippen LogP contribution in [-0.4, -0.2) is 40.9 Å². The van der Waals surface area contributed by atoms with Crippen LogP contribution in [0.4, 0.5) is 5.69 Å². The molecule has 0 unspecified atom stereocenters. The van der Waals surface area contributed by atoms with Gasteiger partial charge in [0.15, 0.2) is 0 Å². The number of nitro benzene ring substituents is 1. The van der Waals surface area contributed by atoms with Gasteiger partial charge in [0.25, 0.3) is 11.6 Å². The van der Waals surface area contributed by atoms with E-state index in [2.05, 4.69) is 10.2 Å². The first-order valence-corrected chi connectivity index (χ1v) is 9.87. The number of rotatable bonds is 5. The van der Waals surface area contributed by atoms with Gasteiger partial charge in [0.1, 0.15) is 5.02 Å². The summed E-state index contributed by atoms with van der Waals surface area (Å²) in [7, 11) is 0. The predicted molar refractivity (Wildman–Crippen MR) is 102 cm³/mol. The molecule has 1 saturated heterocycles. The molecule has 1 saturated carbocycles. The number of hydrogen-bond donors (Lipinski definition) is 1. The molecule has 1 N–H and O–H groups in total. The van der Waals surface area contributed by atoms with Crippen molar-refractivity contribution in [2.75, 3.05) is 19.6 Å². The van der Waals surface area contributed by atoms with Gasteiger partial charge in [0.05, 0.1) is 4.92 Å². The number of halogens is 1. The molecule has 1 heterocycles. The van der Waals surface area contributed by atoms with Crippen LogP contribution >= 0.6 is 11.6 Å². The Kier molecular flexibility index (Phi) is 6.14. The van der Waals surface area contributed by atoms with Crippen LogP contribution in [0.2, 0.25) is 5.02 Å². The Morgan fingerprint density at radius 3 is 2.46 bits per heavy atom. The second-order valence-corrected chi connectivity index (χ2v) is 7.85. The fourth-order valence-electron chi connectivity index (χ4n) is 4.32. The molecule has 0 atom stereocenters. The SMILES string of the molecule is O=C(NCC1(N2CCCCC2)CCCCC1)c1ccc(Cl)c([N+](=O)[O-])c1. The van der Waals surface area contributed by atoms with Gasteiger partial charge in [-0.25, -0.2) is 0 Å². The Hall–Kier alpha value is -1.66. The highest BCUT2D eigenvalue weighted by Crippen LogP contribution is 2.35. The van der Waals surface area contributed by atoms with E-state index in [-0.39, 0.29) is 27.7 Å². The fraction of sp³-hybridized carbons (Fsp3) is 0.632. The maximum absolute atomic E-state index is 12.6. The van der Waals surface area contributed by atoms with E-state index in [9.17, 15) is 14.9 Å². The molecule has 3 rings (SSSR count). The van der Waals surface area contributed by atoms with Gasteiger partial charge in [-0.3, -0.25) is 19.8 Å². The van der Waals surface area contributed by atoms with Crippen LogP contribution in [0.15, 0.2) is 18.2 Å². The molecule has 1 aromatic carbocycles. The van der Waals surface area contributed by atoms with Crippen LogP contribution in [0.1, 0.15) is 61.7 Å². The molecule has 0 spiro atoms. The number of nitrogens with zero attached hydrogens (tertiary/aromatic N) is 2. The van der Waals surface area contributed by atoms with E-state index in [1.165, 1.54) is 50.7 Å². The van der Waals surface area contributed by atoms with Gasteiger partial charge in [0, 0.05) is 23.7 Å². The molecular formula is C19H26ClN3O3. The monoisotopic (exact) mass is 379 g/mol. The molecule has 1 aromatic rings. The van der Waals surface area contributed by atoms with Crippen molar-refractivity contribution in [1.29, 1.82) is 0 Å². The second kappa shape index (κ2) is 8.35. The molecule has 2 fully saturated rings. The highest BCUT2D eigenvalue weighted by Gasteiger charge is 2.38. The zero-order valence-electron chi connectivity index (χ0n) is 15.0. The quantitative estimate of drug-likeness (QED) is 0.615. The Labute approximate surface area is 159 Å². The normalized spacial score (nSPS) is 20.5. The second-order valence-electron chi connectivity index (χ2n) is 7.44. The molecular weight excluding hydrogens is 354 g/mol. The molecule has 1 amide bonds. The highest BCUT2D eigenvalue weighted by atomic mass is 35.5. The van der Waals surface area contributed by atoms with Crippen molar-refractivity contribution in [2.45, 2.75) is 56.9 Å². The molecule has 1 aliphatic heterocycles. The summed E-state index contributed by atoms with van der Waals surface area (Å²) in [6, 6.07) is 4.21. The van der Waals surface area contributed by atoms with Crippen LogP contribution in [0.5, 0.6) is 0 Å². The first-order valence-electron chi connectivity index (χ1n) is 9.49. The lowest BCUT2D eigenvalue weighted by Crippen LogP contribution is -2.58. The van der Waals surface area contributed by atoms with Gasteiger partial charge in [-0.05, 0) is 50.9 Å². The van der Waals surface area contributed by atoms with E-state index in [4.69, 9.17) is 11.6 Å². The molecule has 7 heteroatoms. The maximum atomic E-state index is 12.6. The summed E-state index contributed by atoms with van der Waals surface area (Å²) in [5.74, 6) is -0.272. The zero-order chi connectivity index (χ0) is 18.6. The lowest BCUT2D eigenvalue weighted by molar-refractivity contribution is -0.384. The lowest BCUT2D eigenvalue weighted by atomic mass is 9.79. The first kappa shape index (κ1) is 19.1. The zero-order valence-corrected chi connectivity index (χ0v) is 15.8. The molecule has 142 valence electrons. The largest absolute Gasteiger partial charge is 0.350 e. The minimum absolute atomic E-state index is 0.0344. The van der Waals surface area contributed by atoms with E-state index < -0.39 is 4.92 Å². The van der Waals surface area contributed by atoms with Gasteiger partial charge >= 0.3 is 0 Å². The molecule has 26 heavy (non-hydrogen) atoms. The number of hydrogen-bond acceptors (Lipinski definition) is 4.